The highest BCUT2D eigenvalue weighted by Crippen LogP contribution is 2.20. The molecular weight excluding hydrogens is 310 g/mol. The van der Waals surface area contributed by atoms with Crippen LogP contribution < -0.4 is 4.18 Å². The SMILES string of the molecule is Cc1ccc(S(=O)(=O)Oc2ccc(Cc3ccc[nH]3)cc2)cc1. The largest absolute Gasteiger partial charge is 0.379 e. The normalized spacial score (nSPS) is 11.3. The smallest absolute Gasteiger partial charge is 0.339 e. The van der Waals surface area contributed by atoms with Gasteiger partial charge < -0.3 is 9.17 Å². The highest BCUT2D eigenvalue weighted by atomic mass is 32.2. The van der Waals surface area contributed by atoms with Gasteiger partial charge in [-0.25, -0.2) is 0 Å². The average molecular weight is 327 g/mol. The lowest BCUT2D eigenvalue weighted by Crippen LogP contribution is -2.09. The molecule has 1 heterocycles. The van der Waals surface area contributed by atoms with Crippen LogP contribution in [0.2, 0.25) is 0 Å². The summed E-state index contributed by atoms with van der Waals surface area (Å²) in [6, 6.07) is 17.6. The summed E-state index contributed by atoms with van der Waals surface area (Å²) in [7, 11) is -3.80. The zero-order valence-corrected chi connectivity index (χ0v) is 13.5. The van der Waals surface area contributed by atoms with Gasteiger partial charge >= 0.3 is 10.1 Å². The summed E-state index contributed by atoms with van der Waals surface area (Å²) >= 11 is 0. The molecule has 4 nitrogen and oxygen atoms in total. The summed E-state index contributed by atoms with van der Waals surface area (Å²) in [4.78, 5) is 3.29. The number of hydrogen-bond acceptors (Lipinski definition) is 3. The molecule has 0 bridgehead atoms. The van der Waals surface area contributed by atoms with Crippen molar-refractivity contribution in [2.45, 2.75) is 18.2 Å². The third-order valence-corrected chi connectivity index (χ3v) is 4.76. The van der Waals surface area contributed by atoms with E-state index in [0.29, 0.717) is 5.75 Å². The van der Waals surface area contributed by atoms with E-state index >= 15 is 0 Å². The van der Waals surface area contributed by atoms with Crippen LogP contribution in [0.1, 0.15) is 16.8 Å². The summed E-state index contributed by atoms with van der Waals surface area (Å²) in [6.07, 6.45) is 2.64. The van der Waals surface area contributed by atoms with E-state index in [4.69, 9.17) is 4.18 Å². The predicted molar refractivity (Wildman–Crippen MR) is 89.0 cm³/mol. The van der Waals surface area contributed by atoms with Gasteiger partial charge in [-0.3, -0.25) is 0 Å². The Morgan fingerprint density at radius 2 is 1.65 bits per heavy atom. The van der Waals surface area contributed by atoms with Crippen molar-refractivity contribution in [1.29, 1.82) is 0 Å². The van der Waals surface area contributed by atoms with Crippen LogP contribution in [0.15, 0.2) is 71.8 Å². The first-order valence-corrected chi connectivity index (χ1v) is 8.66. The number of hydrogen-bond donors (Lipinski definition) is 1. The number of rotatable bonds is 5. The Balaban J connectivity index is 1.73. The minimum Gasteiger partial charge on any atom is -0.379 e. The molecule has 2 aromatic carbocycles. The minimum absolute atomic E-state index is 0.151. The van der Waals surface area contributed by atoms with Crippen LogP contribution in [-0.2, 0) is 16.5 Å². The molecule has 0 saturated heterocycles. The van der Waals surface area contributed by atoms with Crippen molar-refractivity contribution in [3.63, 3.8) is 0 Å². The van der Waals surface area contributed by atoms with Crippen LogP contribution in [0.25, 0.3) is 0 Å². The Labute approximate surface area is 135 Å². The highest BCUT2D eigenvalue weighted by Gasteiger charge is 2.16. The van der Waals surface area contributed by atoms with Crippen LogP contribution in [-0.4, -0.2) is 13.4 Å². The number of nitrogens with one attached hydrogen (secondary N) is 1. The van der Waals surface area contributed by atoms with Gasteiger partial charge in [0.15, 0.2) is 0 Å². The van der Waals surface area contributed by atoms with Crippen molar-refractivity contribution in [3.8, 4) is 5.75 Å². The molecule has 1 N–H and O–H groups in total. The van der Waals surface area contributed by atoms with E-state index in [-0.39, 0.29) is 4.90 Å². The van der Waals surface area contributed by atoms with Gasteiger partial charge in [0, 0.05) is 18.3 Å². The van der Waals surface area contributed by atoms with Gasteiger partial charge in [0.1, 0.15) is 10.6 Å². The van der Waals surface area contributed by atoms with Crippen LogP contribution in [0.5, 0.6) is 5.75 Å². The molecule has 0 atom stereocenters. The second-order valence-corrected chi connectivity index (χ2v) is 6.91. The highest BCUT2D eigenvalue weighted by molar-refractivity contribution is 7.87. The van der Waals surface area contributed by atoms with Crippen molar-refractivity contribution in [2.24, 2.45) is 0 Å². The molecule has 0 saturated carbocycles. The van der Waals surface area contributed by atoms with E-state index in [2.05, 4.69) is 4.98 Å². The molecular formula is C18H17NO3S. The fourth-order valence-electron chi connectivity index (χ4n) is 2.24. The Hall–Kier alpha value is -2.53. The lowest BCUT2D eigenvalue weighted by molar-refractivity contribution is 0.486. The van der Waals surface area contributed by atoms with E-state index in [1.165, 1.54) is 0 Å². The van der Waals surface area contributed by atoms with E-state index in [1.54, 1.807) is 36.4 Å². The minimum atomic E-state index is -3.80. The first-order valence-electron chi connectivity index (χ1n) is 7.25. The molecule has 0 aliphatic carbocycles. The van der Waals surface area contributed by atoms with Gasteiger partial charge in [0.2, 0.25) is 0 Å². The van der Waals surface area contributed by atoms with Gasteiger partial charge in [-0.2, -0.15) is 8.42 Å². The van der Waals surface area contributed by atoms with E-state index in [9.17, 15) is 8.42 Å². The average Bonchev–Trinajstić information content (AvgIpc) is 3.02. The Morgan fingerprint density at radius 3 is 2.26 bits per heavy atom. The number of aryl methyl sites for hydroxylation is 1. The Bertz CT molecular complexity index is 865. The molecule has 3 rings (SSSR count). The monoisotopic (exact) mass is 327 g/mol. The van der Waals surface area contributed by atoms with Crippen molar-refractivity contribution in [2.75, 3.05) is 0 Å². The standard InChI is InChI=1S/C18H17NO3S/c1-14-4-10-18(11-5-14)23(20,21)22-17-8-6-15(7-9-17)13-16-3-2-12-19-16/h2-12,19H,13H2,1H3. The predicted octanol–water partition coefficient (Wildman–Crippen LogP) is 3.68. The lowest BCUT2D eigenvalue weighted by atomic mass is 10.1. The van der Waals surface area contributed by atoms with E-state index in [0.717, 1.165) is 23.2 Å². The topological polar surface area (TPSA) is 59.2 Å². The zero-order valence-electron chi connectivity index (χ0n) is 12.7. The van der Waals surface area contributed by atoms with Crippen LogP contribution >= 0.6 is 0 Å². The van der Waals surface area contributed by atoms with Crippen LogP contribution in [0.3, 0.4) is 0 Å². The maximum atomic E-state index is 12.2. The molecule has 5 heteroatoms. The molecule has 23 heavy (non-hydrogen) atoms. The fraction of sp³-hybridized carbons (Fsp3) is 0.111. The van der Waals surface area contributed by atoms with Crippen molar-refractivity contribution in [1.82, 2.24) is 4.98 Å². The number of aromatic nitrogens is 1. The van der Waals surface area contributed by atoms with Gasteiger partial charge in [0.05, 0.1) is 0 Å². The molecule has 118 valence electrons. The zero-order chi connectivity index (χ0) is 16.3. The molecule has 0 unspecified atom stereocenters. The first kappa shape index (κ1) is 15.4. The van der Waals surface area contributed by atoms with E-state index in [1.807, 2.05) is 37.4 Å². The molecule has 1 aromatic heterocycles. The Morgan fingerprint density at radius 1 is 0.957 bits per heavy atom. The molecule has 0 aliphatic heterocycles. The summed E-state index contributed by atoms with van der Waals surface area (Å²) < 4.78 is 29.6. The molecule has 0 spiro atoms. The summed E-state index contributed by atoms with van der Waals surface area (Å²) in [5.74, 6) is 0.306. The quantitative estimate of drug-likeness (QED) is 0.727. The maximum Gasteiger partial charge on any atom is 0.339 e. The number of benzene rings is 2. The first-order chi connectivity index (χ1) is 11.0. The van der Waals surface area contributed by atoms with Crippen LogP contribution in [0.4, 0.5) is 0 Å². The van der Waals surface area contributed by atoms with E-state index < -0.39 is 10.1 Å². The van der Waals surface area contributed by atoms with Gasteiger partial charge in [0.25, 0.3) is 0 Å². The molecule has 0 fully saturated rings. The van der Waals surface area contributed by atoms with Crippen molar-refractivity contribution in [3.05, 3.63) is 83.7 Å². The molecule has 3 aromatic rings. The molecule has 0 amide bonds. The summed E-state index contributed by atoms with van der Waals surface area (Å²) in [5, 5.41) is 0. The maximum absolute atomic E-state index is 12.2. The lowest BCUT2D eigenvalue weighted by Gasteiger charge is -2.08. The second kappa shape index (κ2) is 6.30. The van der Waals surface area contributed by atoms with Crippen molar-refractivity contribution < 1.29 is 12.6 Å². The summed E-state index contributed by atoms with van der Waals surface area (Å²) in [5.41, 5.74) is 3.18. The Kier molecular flexibility index (Phi) is 4.21. The van der Waals surface area contributed by atoms with Gasteiger partial charge in [-0.15, -0.1) is 0 Å². The van der Waals surface area contributed by atoms with Gasteiger partial charge in [-0.05, 0) is 48.9 Å². The molecule has 0 aliphatic rings. The molecule has 0 radical (unpaired) electrons. The fourth-order valence-corrected chi connectivity index (χ4v) is 3.17. The third kappa shape index (κ3) is 3.81. The number of H-pyrrole nitrogens is 1. The number of aromatic amines is 1. The van der Waals surface area contributed by atoms with Crippen molar-refractivity contribution >= 4 is 10.1 Å². The second-order valence-electron chi connectivity index (χ2n) is 5.37. The van der Waals surface area contributed by atoms with Gasteiger partial charge in [-0.1, -0.05) is 29.8 Å². The van der Waals surface area contributed by atoms with Crippen LogP contribution in [0, 0.1) is 6.92 Å². The summed E-state index contributed by atoms with van der Waals surface area (Å²) in [6.45, 7) is 1.90. The third-order valence-electron chi connectivity index (χ3n) is 3.50.